The summed E-state index contributed by atoms with van der Waals surface area (Å²) in [6.45, 7) is 3.50. The van der Waals surface area contributed by atoms with Crippen molar-refractivity contribution in [2.75, 3.05) is 26.3 Å². The van der Waals surface area contributed by atoms with Gasteiger partial charge in [0.05, 0.1) is 28.6 Å². The van der Waals surface area contributed by atoms with Crippen LogP contribution in [0.2, 0.25) is 5.02 Å². The lowest BCUT2D eigenvalue weighted by molar-refractivity contribution is 0.0730. The molecule has 0 unspecified atom stereocenters. The molecule has 8 heteroatoms. The Balaban J connectivity index is 1.47. The van der Waals surface area contributed by atoms with E-state index in [1.165, 1.54) is 4.31 Å². The number of aryl methyl sites for hydroxylation is 1. The molecule has 34 heavy (non-hydrogen) atoms. The maximum absolute atomic E-state index is 13.0. The van der Waals surface area contributed by atoms with Gasteiger partial charge in [0.25, 0.3) is 0 Å². The van der Waals surface area contributed by atoms with Gasteiger partial charge in [-0.2, -0.15) is 4.31 Å². The summed E-state index contributed by atoms with van der Waals surface area (Å²) in [5.41, 5.74) is 3.76. The first kappa shape index (κ1) is 22.8. The molecule has 0 spiro atoms. The topological polar surface area (TPSA) is 68.7 Å². The molecule has 0 atom stereocenters. The van der Waals surface area contributed by atoms with Gasteiger partial charge in [-0.05, 0) is 53.9 Å². The number of hydrogen-bond donors (Lipinski definition) is 0. The van der Waals surface area contributed by atoms with Crippen LogP contribution in [0.5, 0.6) is 11.5 Å². The van der Waals surface area contributed by atoms with Crippen LogP contribution < -0.4 is 4.74 Å². The van der Waals surface area contributed by atoms with Crippen LogP contribution in [0.15, 0.2) is 77.8 Å². The smallest absolute Gasteiger partial charge is 0.243 e. The first-order valence-corrected chi connectivity index (χ1v) is 12.8. The van der Waals surface area contributed by atoms with Gasteiger partial charge in [0.15, 0.2) is 0 Å². The molecule has 4 aromatic rings. The van der Waals surface area contributed by atoms with Crippen LogP contribution >= 0.6 is 11.6 Å². The van der Waals surface area contributed by atoms with Gasteiger partial charge in [0, 0.05) is 30.7 Å². The highest BCUT2D eigenvalue weighted by Crippen LogP contribution is 2.36. The van der Waals surface area contributed by atoms with Crippen LogP contribution in [0.1, 0.15) is 5.56 Å². The van der Waals surface area contributed by atoms with E-state index in [9.17, 15) is 8.42 Å². The van der Waals surface area contributed by atoms with Crippen LogP contribution in [0.3, 0.4) is 0 Å². The number of halogens is 1. The predicted octanol–water partition coefficient (Wildman–Crippen LogP) is 5.68. The SMILES string of the molecule is Cc1cnc2c(Cl)cccc2c1-c1cccc(Oc2cccc(S(=O)(=O)N3CCOCC3)c2)c1. The van der Waals surface area contributed by atoms with Crippen molar-refractivity contribution in [3.63, 3.8) is 0 Å². The van der Waals surface area contributed by atoms with Crippen molar-refractivity contribution < 1.29 is 17.9 Å². The number of benzene rings is 3. The van der Waals surface area contributed by atoms with Gasteiger partial charge in [-0.25, -0.2) is 8.42 Å². The number of pyridine rings is 1. The fourth-order valence-corrected chi connectivity index (χ4v) is 5.82. The Kier molecular flexibility index (Phi) is 6.27. The number of hydrogen-bond acceptors (Lipinski definition) is 5. The highest BCUT2D eigenvalue weighted by atomic mass is 35.5. The molecule has 6 nitrogen and oxygen atoms in total. The fourth-order valence-electron chi connectivity index (χ4n) is 4.16. The van der Waals surface area contributed by atoms with E-state index in [-0.39, 0.29) is 4.90 Å². The van der Waals surface area contributed by atoms with Gasteiger partial charge in [-0.15, -0.1) is 0 Å². The number of para-hydroxylation sites is 1. The molecular weight excluding hydrogens is 472 g/mol. The lowest BCUT2D eigenvalue weighted by Gasteiger charge is -2.26. The van der Waals surface area contributed by atoms with Gasteiger partial charge < -0.3 is 9.47 Å². The molecule has 174 valence electrons. The fraction of sp³-hybridized carbons (Fsp3) is 0.192. The third-order valence-electron chi connectivity index (χ3n) is 5.81. The van der Waals surface area contributed by atoms with Gasteiger partial charge in [0.2, 0.25) is 10.0 Å². The molecule has 0 amide bonds. The molecule has 1 aliphatic heterocycles. The number of morpholine rings is 1. The highest BCUT2D eigenvalue weighted by molar-refractivity contribution is 7.89. The molecule has 1 fully saturated rings. The predicted molar refractivity (Wildman–Crippen MR) is 133 cm³/mol. The summed E-state index contributed by atoms with van der Waals surface area (Å²) in [7, 11) is -3.61. The second kappa shape index (κ2) is 9.35. The van der Waals surface area contributed by atoms with Gasteiger partial charge in [-0.3, -0.25) is 4.98 Å². The number of rotatable bonds is 5. The molecule has 0 radical (unpaired) electrons. The van der Waals surface area contributed by atoms with Crippen molar-refractivity contribution in [3.05, 3.63) is 83.5 Å². The Hall–Kier alpha value is -2.97. The third-order valence-corrected chi connectivity index (χ3v) is 8.01. The largest absolute Gasteiger partial charge is 0.457 e. The molecule has 0 saturated carbocycles. The summed E-state index contributed by atoms with van der Waals surface area (Å²) in [4.78, 5) is 4.70. The van der Waals surface area contributed by atoms with E-state index >= 15 is 0 Å². The number of fused-ring (bicyclic) bond motifs is 1. The second-order valence-corrected chi connectivity index (χ2v) is 10.4. The normalized spacial score (nSPS) is 14.9. The van der Waals surface area contributed by atoms with E-state index in [4.69, 9.17) is 21.1 Å². The van der Waals surface area contributed by atoms with Crippen molar-refractivity contribution in [1.29, 1.82) is 0 Å². The maximum atomic E-state index is 13.0. The van der Waals surface area contributed by atoms with Crippen molar-refractivity contribution in [3.8, 4) is 22.6 Å². The van der Waals surface area contributed by atoms with E-state index in [1.807, 2.05) is 55.6 Å². The van der Waals surface area contributed by atoms with E-state index in [1.54, 1.807) is 24.3 Å². The molecule has 0 N–H and O–H groups in total. The van der Waals surface area contributed by atoms with E-state index in [2.05, 4.69) is 4.98 Å². The average molecular weight is 495 g/mol. The first-order valence-electron chi connectivity index (χ1n) is 10.9. The van der Waals surface area contributed by atoms with Crippen LogP contribution in [-0.2, 0) is 14.8 Å². The van der Waals surface area contributed by atoms with E-state index in [0.29, 0.717) is 42.8 Å². The van der Waals surface area contributed by atoms with Crippen LogP contribution in [0.25, 0.3) is 22.0 Å². The molecule has 2 heterocycles. The molecule has 1 aromatic heterocycles. The van der Waals surface area contributed by atoms with Gasteiger partial charge in [-0.1, -0.05) is 41.9 Å². The number of nitrogens with zero attached hydrogens (tertiary/aromatic N) is 2. The quantitative estimate of drug-likeness (QED) is 0.357. The van der Waals surface area contributed by atoms with E-state index in [0.717, 1.165) is 27.6 Å². The Morgan fingerprint density at radius 1 is 0.971 bits per heavy atom. The molecule has 3 aromatic carbocycles. The minimum atomic E-state index is -3.61. The first-order chi connectivity index (χ1) is 16.4. The number of ether oxygens (including phenoxy) is 2. The summed E-state index contributed by atoms with van der Waals surface area (Å²) in [6, 6.07) is 20.0. The highest BCUT2D eigenvalue weighted by Gasteiger charge is 2.26. The molecule has 1 saturated heterocycles. The Morgan fingerprint density at radius 2 is 1.68 bits per heavy atom. The third kappa shape index (κ3) is 4.40. The second-order valence-electron chi connectivity index (χ2n) is 8.07. The molecule has 0 bridgehead atoms. The summed E-state index contributed by atoms with van der Waals surface area (Å²) >= 11 is 6.37. The molecule has 1 aliphatic rings. The standard InChI is InChI=1S/C26H23ClN2O4S/c1-18-17-28-26-23(9-4-10-24(26)27)25(18)19-5-2-6-20(15-19)33-21-7-3-8-22(16-21)34(30,31)29-11-13-32-14-12-29/h2-10,15-17H,11-14H2,1H3. The zero-order valence-electron chi connectivity index (χ0n) is 18.6. The zero-order valence-corrected chi connectivity index (χ0v) is 20.1. The average Bonchev–Trinajstić information content (AvgIpc) is 2.85. The van der Waals surface area contributed by atoms with Crippen molar-refractivity contribution >= 4 is 32.5 Å². The Bertz CT molecular complexity index is 1470. The molecular formula is C26H23ClN2O4S. The molecule has 0 aliphatic carbocycles. The molecule has 5 rings (SSSR count). The minimum Gasteiger partial charge on any atom is -0.457 e. The maximum Gasteiger partial charge on any atom is 0.243 e. The van der Waals surface area contributed by atoms with Crippen LogP contribution in [0.4, 0.5) is 0 Å². The summed E-state index contributed by atoms with van der Waals surface area (Å²) in [6.07, 6.45) is 1.82. The zero-order chi connectivity index (χ0) is 23.7. The number of aromatic nitrogens is 1. The van der Waals surface area contributed by atoms with Crippen LogP contribution in [-0.4, -0.2) is 44.0 Å². The van der Waals surface area contributed by atoms with Gasteiger partial charge >= 0.3 is 0 Å². The van der Waals surface area contributed by atoms with Gasteiger partial charge in [0.1, 0.15) is 11.5 Å². The monoisotopic (exact) mass is 494 g/mol. The Morgan fingerprint density at radius 3 is 2.47 bits per heavy atom. The van der Waals surface area contributed by atoms with Crippen molar-refractivity contribution in [2.45, 2.75) is 11.8 Å². The summed E-state index contributed by atoms with van der Waals surface area (Å²) < 4.78 is 38.9. The number of sulfonamides is 1. The lowest BCUT2D eigenvalue weighted by atomic mass is 9.97. The summed E-state index contributed by atoms with van der Waals surface area (Å²) in [5.74, 6) is 1.05. The van der Waals surface area contributed by atoms with E-state index < -0.39 is 10.0 Å². The van der Waals surface area contributed by atoms with Crippen molar-refractivity contribution in [1.82, 2.24) is 9.29 Å². The summed E-state index contributed by atoms with van der Waals surface area (Å²) in [5, 5.41) is 1.56. The Labute approximate surface area is 203 Å². The van der Waals surface area contributed by atoms with Crippen molar-refractivity contribution in [2.24, 2.45) is 0 Å². The lowest BCUT2D eigenvalue weighted by Crippen LogP contribution is -2.40. The minimum absolute atomic E-state index is 0.202. The van der Waals surface area contributed by atoms with Crippen LogP contribution in [0, 0.1) is 6.92 Å².